The molecule has 0 saturated heterocycles. The lowest BCUT2D eigenvalue weighted by atomic mass is 10.2. The van der Waals surface area contributed by atoms with Crippen molar-refractivity contribution in [3.05, 3.63) is 41.2 Å². The molecule has 0 fully saturated rings. The van der Waals surface area contributed by atoms with Crippen molar-refractivity contribution in [1.29, 1.82) is 0 Å². The molecule has 0 aliphatic carbocycles. The molecule has 0 radical (unpaired) electrons. The quantitative estimate of drug-likeness (QED) is 0.828. The fourth-order valence-electron chi connectivity index (χ4n) is 0.921. The minimum Gasteiger partial charge on any atom is -0.478 e. The third-order valence-electron chi connectivity index (χ3n) is 1.60. The molecule has 0 bridgehead atoms. The maximum Gasteiger partial charge on any atom is 0.335 e. The third kappa shape index (κ3) is 3.57. The molecule has 2 nitrogen and oxygen atoms in total. The average Bonchev–Trinajstić information content (AvgIpc) is 2.20. The number of benzene rings is 1. The summed E-state index contributed by atoms with van der Waals surface area (Å²) in [6, 6.07) is 3.69. The Morgan fingerprint density at radius 2 is 2.33 bits per heavy atom. The first kappa shape index (κ1) is 12.1. The zero-order valence-electron chi connectivity index (χ0n) is 7.61. The first-order valence-electron chi connectivity index (χ1n) is 4.06. The zero-order valence-corrected chi connectivity index (χ0v) is 9.19. The zero-order chi connectivity index (χ0) is 11.3. The van der Waals surface area contributed by atoms with Crippen LogP contribution < -0.4 is 0 Å². The molecule has 0 aromatic heterocycles. The van der Waals surface area contributed by atoms with Crippen LogP contribution in [-0.2, 0) is 0 Å². The van der Waals surface area contributed by atoms with Gasteiger partial charge in [0.25, 0.3) is 0 Å². The summed E-state index contributed by atoms with van der Waals surface area (Å²) >= 11 is 6.50. The van der Waals surface area contributed by atoms with Crippen LogP contribution in [-0.4, -0.2) is 16.8 Å². The average molecular weight is 247 g/mol. The molecule has 1 aromatic carbocycles. The molecule has 0 amide bonds. The fraction of sp³-hybridized carbons (Fsp3) is 0.100. The lowest BCUT2D eigenvalue weighted by Gasteiger charge is -2.02. The van der Waals surface area contributed by atoms with Gasteiger partial charge in [-0.2, -0.15) is 0 Å². The number of carboxylic acids is 1. The van der Waals surface area contributed by atoms with Gasteiger partial charge in [-0.3, -0.25) is 0 Å². The monoisotopic (exact) mass is 246 g/mol. The van der Waals surface area contributed by atoms with Crippen LogP contribution in [0.2, 0.25) is 0 Å². The standard InChI is InChI=1S/C10H8ClFO2S/c11-4-1-5-15-9-6-7(10(13)14)2-3-8(9)12/h1-4,6H,5H2,(H,13,14)/b4-1+. The van der Waals surface area contributed by atoms with E-state index in [4.69, 9.17) is 16.7 Å². The molecule has 0 atom stereocenters. The van der Waals surface area contributed by atoms with E-state index >= 15 is 0 Å². The number of carbonyl (C=O) groups is 1. The van der Waals surface area contributed by atoms with Crippen LogP contribution in [0.3, 0.4) is 0 Å². The molecule has 1 aromatic rings. The van der Waals surface area contributed by atoms with Crippen molar-refractivity contribution in [1.82, 2.24) is 0 Å². The summed E-state index contributed by atoms with van der Waals surface area (Å²) in [4.78, 5) is 10.9. The van der Waals surface area contributed by atoms with E-state index in [-0.39, 0.29) is 5.56 Å². The van der Waals surface area contributed by atoms with Gasteiger partial charge in [-0.05, 0) is 18.2 Å². The predicted molar refractivity (Wildman–Crippen MR) is 59.1 cm³/mol. The van der Waals surface area contributed by atoms with Crippen LogP contribution in [0, 0.1) is 5.82 Å². The molecule has 0 spiro atoms. The normalized spacial score (nSPS) is 10.8. The van der Waals surface area contributed by atoms with Gasteiger partial charge in [0.05, 0.1) is 5.56 Å². The topological polar surface area (TPSA) is 37.3 Å². The Morgan fingerprint density at radius 3 is 2.93 bits per heavy atom. The molecule has 15 heavy (non-hydrogen) atoms. The molecule has 0 aliphatic heterocycles. The lowest BCUT2D eigenvalue weighted by molar-refractivity contribution is 0.0696. The summed E-state index contributed by atoms with van der Waals surface area (Å²) in [6.45, 7) is 0. The van der Waals surface area contributed by atoms with E-state index in [9.17, 15) is 9.18 Å². The summed E-state index contributed by atoms with van der Waals surface area (Å²) in [5.74, 6) is -0.985. The van der Waals surface area contributed by atoms with E-state index in [2.05, 4.69) is 0 Å². The highest BCUT2D eigenvalue weighted by Gasteiger charge is 2.07. The van der Waals surface area contributed by atoms with Crippen molar-refractivity contribution in [3.63, 3.8) is 0 Å². The van der Waals surface area contributed by atoms with Crippen LogP contribution >= 0.6 is 23.4 Å². The highest BCUT2D eigenvalue weighted by Crippen LogP contribution is 2.23. The van der Waals surface area contributed by atoms with Crippen LogP contribution in [0.15, 0.2) is 34.7 Å². The van der Waals surface area contributed by atoms with Crippen LogP contribution in [0.25, 0.3) is 0 Å². The molecule has 1 N–H and O–H groups in total. The van der Waals surface area contributed by atoms with Crippen molar-refractivity contribution in [2.45, 2.75) is 4.90 Å². The van der Waals surface area contributed by atoms with Gasteiger partial charge >= 0.3 is 5.97 Å². The Bertz CT molecular complexity index is 393. The van der Waals surface area contributed by atoms with Crippen molar-refractivity contribution < 1.29 is 14.3 Å². The summed E-state index contributed by atoms with van der Waals surface area (Å²) in [5, 5.41) is 8.70. The second-order valence-corrected chi connectivity index (χ2v) is 3.94. The molecular weight excluding hydrogens is 239 g/mol. The molecule has 1 rings (SSSR count). The third-order valence-corrected chi connectivity index (χ3v) is 2.76. The minimum atomic E-state index is -1.07. The molecule has 80 valence electrons. The number of hydrogen-bond acceptors (Lipinski definition) is 2. The number of hydrogen-bond donors (Lipinski definition) is 1. The van der Waals surface area contributed by atoms with Gasteiger partial charge in [-0.1, -0.05) is 17.7 Å². The van der Waals surface area contributed by atoms with E-state index in [0.717, 1.165) is 6.07 Å². The summed E-state index contributed by atoms with van der Waals surface area (Å²) in [5.41, 5.74) is 1.42. The van der Waals surface area contributed by atoms with Gasteiger partial charge < -0.3 is 5.11 Å². The van der Waals surface area contributed by atoms with Crippen LogP contribution in [0.4, 0.5) is 4.39 Å². The minimum absolute atomic E-state index is 0.0775. The highest BCUT2D eigenvalue weighted by molar-refractivity contribution is 7.99. The molecule has 0 saturated carbocycles. The number of thioether (sulfide) groups is 1. The largest absolute Gasteiger partial charge is 0.478 e. The Labute approximate surface area is 95.7 Å². The highest BCUT2D eigenvalue weighted by atomic mass is 35.5. The maximum absolute atomic E-state index is 13.2. The van der Waals surface area contributed by atoms with Crippen molar-refractivity contribution in [2.75, 3.05) is 5.75 Å². The summed E-state index contributed by atoms with van der Waals surface area (Å²) in [6.07, 6.45) is 1.65. The number of carboxylic acid groups (broad SMARTS) is 1. The first-order valence-corrected chi connectivity index (χ1v) is 5.48. The Balaban J connectivity index is 2.85. The van der Waals surface area contributed by atoms with E-state index < -0.39 is 11.8 Å². The van der Waals surface area contributed by atoms with Crippen molar-refractivity contribution in [2.24, 2.45) is 0 Å². The molecular formula is C10H8ClFO2S. The van der Waals surface area contributed by atoms with Crippen molar-refractivity contribution in [3.8, 4) is 0 Å². The van der Waals surface area contributed by atoms with E-state index in [1.807, 2.05) is 0 Å². The predicted octanol–water partition coefficient (Wildman–Crippen LogP) is 3.37. The van der Waals surface area contributed by atoms with Gasteiger partial charge in [0.2, 0.25) is 0 Å². The SMILES string of the molecule is O=C(O)c1ccc(F)c(SC/C=C/Cl)c1. The first-order chi connectivity index (χ1) is 7.15. The summed E-state index contributed by atoms with van der Waals surface area (Å²) in [7, 11) is 0. The van der Waals surface area contributed by atoms with Gasteiger partial charge in [0.15, 0.2) is 0 Å². The van der Waals surface area contributed by atoms with E-state index in [1.54, 1.807) is 6.08 Å². The Hall–Kier alpha value is -1.00. The smallest absolute Gasteiger partial charge is 0.335 e. The van der Waals surface area contributed by atoms with Gasteiger partial charge in [0.1, 0.15) is 5.82 Å². The second kappa shape index (κ2) is 5.78. The number of aromatic carboxylic acids is 1. The summed E-state index contributed by atoms with van der Waals surface area (Å²) < 4.78 is 13.2. The van der Waals surface area contributed by atoms with Gasteiger partial charge in [0, 0.05) is 16.2 Å². The fourth-order valence-corrected chi connectivity index (χ4v) is 1.90. The molecule has 0 unspecified atom stereocenters. The molecule has 0 heterocycles. The number of halogens is 2. The van der Waals surface area contributed by atoms with Crippen LogP contribution in [0.5, 0.6) is 0 Å². The van der Waals surface area contributed by atoms with E-state index in [1.165, 1.54) is 29.4 Å². The maximum atomic E-state index is 13.2. The van der Waals surface area contributed by atoms with Crippen LogP contribution in [0.1, 0.15) is 10.4 Å². The molecule has 0 aliphatic rings. The Kier molecular flexibility index (Phi) is 4.65. The lowest BCUT2D eigenvalue weighted by Crippen LogP contribution is -1.97. The Morgan fingerprint density at radius 1 is 1.60 bits per heavy atom. The van der Waals surface area contributed by atoms with Crippen molar-refractivity contribution >= 4 is 29.3 Å². The van der Waals surface area contributed by atoms with Gasteiger partial charge in [-0.25, -0.2) is 9.18 Å². The van der Waals surface area contributed by atoms with E-state index in [0.29, 0.717) is 10.6 Å². The number of rotatable bonds is 4. The molecule has 5 heteroatoms. The second-order valence-electron chi connectivity index (χ2n) is 2.62. The van der Waals surface area contributed by atoms with Gasteiger partial charge in [-0.15, -0.1) is 11.8 Å².